The van der Waals surface area contributed by atoms with Crippen LogP contribution in [0.25, 0.3) is 0 Å². The van der Waals surface area contributed by atoms with Gasteiger partial charge in [-0.1, -0.05) is 33.1 Å². The van der Waals surface area contributed by atoms with Crippen LogP contribution < -0.4 is 4.46 Å². The van der Waals surface area contributed by atoms with E-state index in [9.17, 15) is 14.4 Å². The van der Waals surface area contributed by atoms with Crippen LogP contribution in [0.3, 0.4) is 0 Å². The van der Waals surface area contributed by atoms with Gasteiger partial charge in [0.05, 0.1) is 0 Å². The predicted octanol–water partition coefficient (Wildman–Crippen LogP) is 6.23. The SMILES string of the molecule is CCCC[C@H](C)CC(=O)C=C[C@H]1CC[C@H](OC(C)=O)[C@@H]1CCCCCC([Se]c1ccccc1)C(=O)OC. The molecular weight excluding hydrogens is 531 g/mol. The Balaban J connectivity index is 1.86. The monoisotopic (exact) mass is 578 g/mol. The van der Waals surface area contributed by atoms with Crippen LogP contribution in [-0.2, 0) is 23.9 Å². The molecule has 0 spiro atoms. The molecule has 6 heteroatoms. The van der Waals surface area contributed by atoms with Gasteiger partial charge in [0.2, 0.25) is 0 Å². The minimum atomic E-state index is -0.232. The van der Waals surface area contributed by atoms with Gasteiger partial charge in [-0.2, -0.15) is 0 Å². The Morgan fingerprint density at radius 3 is 2.49 bits per heavy atom. The number of ketones is 1. The van der Waals surface area contributed by atoms with Gasteiger partial charge in [0.1, 0.15) is 0 Å². The first-order valence-corrected chi connectivity index (χ1v) is 15.9. The number of benzene rings is 1. The summed E-state index contributed by atoms with van der Waals surface area (Å²) in [6.07, 6.45) is 14.4. The van der Waals surface area contributed by atoms with Crippen molar-refractivity contribution in [2.75, 3.05) is 7.11 Å². The number of rotatable bonds is 17. The van der Waals surface area contributed by atoms with Gasteiger partial charge in [0.15, 0.2) is 0 Å². The van der Waals surface area contributed by atoms with Crippen molar-refractivity contribution < 1.29 is 23.9 Å². The van der Waals surface area contributed by atoms with Gasteiger partial charge in [0.25, 0.3) is 0 Å². The van der Waals surface area contributed by atoms with Crippen LogP contribution in [-0.4, -0.2) is 45.9 Å². The zero-order valence-corrected chi connectivity index (χ0v) is 24.9. The molecular formula is C31H46O5Se. The van der Waals surface area contributed by atoms with Gasteiger partial charge in [-0.3, -0.25) is 0 Å². The fourth-order valence-electron chi connectivity index (χ4n) is 5.26. The van der Waals surface area contributed by atoms with Crippen molar-refractivity contribution in [3.05, 3.63) is 42.5 Å². The molecule has 0 N–H and O–H groups in total. The molecule has 0 aliphatic heterocycles. The molecule has 1 aliphatic carbocycles. The van der Waals surface area contributed by atoms with Crippen molar-refractivity contribution in [3.8, 4) is 0 Å². The molecule has 1 aromatic rings. The average Bonchev–Trinajstić information content (AvgIpc) is 3.25. The number of hydrogen-bond acceptors (Lipinski definition) is 5. The average molecular weight is 578 g/mol. The van der Waals surface area contributed by atoms with Gasteiger partial charge in [-0.05, 0) is 5.92 Å². The molecule has 0 radical (unpaired) electrons. The minimum absolute atomic E-state index is 0.0523. The summed E-state index contributed by atoms with van der Waals surface area (Å²) in [5.74, 6) is 0.784. The van der Waals surface area contributed by atoms with Crippen LogP contribution in [0, 0.1) is 17.8 Å². The zero-order chi connectivity index (χ0) is 27.0. The van der Waals surface area contributed by atoms with Crippen molar-refractivity contribution >= 4 is 37.1 Å². The van der Waals surface area contributed by atoms with E-state index in [-0.39, 0.29) is 55.4 Å². The molecule has 37 heavy (non-hydrogen) atoms. The van der Waals surface area contributed by atoms with Crippen LogP contribution in [0.1, 0.15) is 91.4 Å². The van der Waals surface area contributed by atoms with Crippen LogP contribution in [0.15, 0.2) is 42.5 Å². The summed E-state index contributed by atoms with van der Waals surface area (Å²) < 4.78 is 11.9. The van der Waals surface area contributed by atoms with Crippen molar-refractivity contribution in [1.82, 2.24) is 0 Å². The molecule has 2 rings (SSSR count). The molecule has 1 aliphatic rings. The Kier molecular flexibility index (Phi) is 14.9. The number of methoxy groups -OCH3 is 1. The predicted molar refractivity (Wildman–Crippen MR) is 150 cm³/mol. The third-order valence-corrected chi connectivity index (χ3v) is 9.89. The van der Waals surface area contributed by atoms with Crippen LogP contribution in [0.4, 0.5) is 0 Å². The first kappa shape index (κ1) is 31.3. The van der Waals surface area contributed by atoms with E-state index < -0.39 is 0 Å². The molecule has 1 aromatic carbocycles. The van der Waals surface area contributed by atoms with Crippen LogP contribution in [0.2, 0.25) is 4.82 Å². The van der Waals surface area contributed by atoms with Gasteiger partial charge < -0.3 is 0 Å². The number of esters is 2. The molecule has 1 unspecified atom stereocenters. The summed E-state index contributed by atoms with van der Waals surface area (Å²) in [5.41, 5.74) is 0. The van der Waals surface area contributed by atoms with Crippen molar-refractivity contribution in [2.45, 2.75) is 102 Å². The molecule has 5 atom stereocenters. The van der Waals surface area contributed by atoms with E-state index in [1.54, 1.807) is 6.08 Å². The van der Waals surface area contributed by atoms with E-state index >= 15 is 0 Å². The van der Waals surface area contributed by atoms with Crippen LogP contribution >= 0.6 is 0 Å². The molecule has 5 nitrogen and oxygen atoms in total. The molecule has 0 aromatic heterocycles. The fraction of sp³-hybridized carbons (Fsp3) is 0.645. The molecule has 1 saturated carbocycles. The van der Waals surface area contributed by atoms with E-state index in [4.69, 9.17) is 9.47 Å². The first-order valence-electron chi connectivity index (χ1n) is 14.0. The Morgan fingerprint density at radius 2 is 1.81 bits per heavy atom. The number of carbonyl (C=O) groups is 3. The van der Waals surface area contributed by atoms with E-state index in [0.29, 0.717) is 12.3 Å². The van der Waals surface area contributed by atoms with Crippen molar-refractivity contribution in [3.63, 3.8) is 0 Å². The molecule has 1 fully saturated rings. The Hall–Kier alpha value is -1.91. The number of carbonyl (C=O) groups excluding carboxylic acids is 3. The van der Waals surface area contributed by atoms with Gasteiger partial charge >= 0.3 is 192 Å². The Labute approximate surface area is 230 Å². The van der Waals surface area contributed by atoms with E-state index in [1.165, 1.54) is 24.9 Å². The second-order valence-corrected chi connectivity index (χ2v) is 13.1. The molecule has 206 valence electrons. The maximum atomic E-state index is 12.5. The third-order valence-electron chi connectivity index (χ3n) is 7.25. The van der Waals surface area contributed by atoms with Crippen molar-refractivity contribution in [1.29, 1.82) is 0 Å². The summed E-state index contributed by atoms with van der Waals surface area (Å²) >= 11 is 0.0523. The standard InChI is InChI=1S/C31H46O5Se/c1-5-6-13-23(2)22-26(33)20-18-25-19-21-29(36-24(3)32)28(25)16-11-8-12-17-30(31(34)35-4)37-27-14-9-7-10-15-27/h7,9-10,14-15,18,20,23,25,28-30H,5-6,8,11-13,16-17,19,21-22H2,1-4H3/t23-,25-,28+,29-,30?/m0/s1. The Bertz CT molecular complexity index is 852. The Morgan fingerprint density at radius 1 is 1.05 bits per heavy atom. The van der Waals surface area contributed by atoms with E-state index in [0.717, 1.165) is 57.8 Å². The second-order valence-electron chi connectivity index (χ2n) is 10.4. The van der Waals surface area contributed by atoms with E-state index in [2.05, 4.69) is 32.1 Å². The van der Waals surface area contributed by atoms with Gasteiger partial charge in [-0.15, -0.1) is 0 Å². The van der Waals surface area contributed by atoms with E-state index in [1.807, 2.05) is 18.2 Å². The third kappa shape index (κ3) is 12.0. The van der Waals surface area contributed by atoms with Crippen LogP contribution in [0.5, 0.6) is 0 Å². The second kappa shape index (κ2) is 17.6. The number of unbranched alkanes of at least 4 members (excludes halogenated alkanes) is 3. The molecule has 0 saturated heterocycles. The molecule has 0 amide bonds. The van der Waals surface area contributed by atoms with Gasteiger partial charge in [0, 0.05) is 0 Å². The fourth-order valence-corrected chi connectivity index (χ4v) is 7.61. The quantitative estimate of drug-likeness (QED) is 0.0951. The summed E-state index contributed by atoms with van der Waals surface area (Å²) in [6, 6.07) is 10.2. The number of allylic oxidation sites excluding steroid dienone is 2. The topological polar surface area (TPSA) is 69.7 Å². The normalized spacial score (nSPS) is 21.0. The number of ether oxygens (including phenoxy) is 2. The summed E-state index contributed by atoms with van der Waals surface area (Å²) in [7, 11) is 1.47. The zero-order valence-electron chi connectivity index (χ0n) is 23.2. The first-order chi connectivity index (χ1) is 17.8. The summed E-state index contributed by atoms with van der Waals surface area (Å²) in [5, 5.41) is 0. The van der Waals surface area contributed by atoms with Crippen molar-refractivity contribution in [2.24, 2.45) is 17.8 Å². The van der Waals surface area contributed by atoms with Gasteiger partial charge in [-0.25, -0.2) is 0 Å². The number of hydrogen-bond donors (Lipinski definition) is 0. The summed E-state index contributed by atoms with van der Waals surface area (Å²) in [6.45, 7) is 5.81. The molecule has 0 bridgehead atoms. The molecule has 0 heterocycles. The summed E-state index contributed by atoms with van der Waals surface area (Å²) in [4.78, 5) is 36.5. The maximum absolute atomic E-state index is 12.5.